The number of amides is 1. The Labute approximate surface area is 153 Å². The molecule has 1 saturated heterocycles. The molecule has 0 aromatic carbocycles. The second-order valence-corrected chi connectivity index (χ2v) is 7.16. The average molecular weight is 355 g/mol. The van der Waals surface area contributed by atoms with Crippen molar-refractivity contribution in [3.63, 3.8) is 0 Å². The molecule has 1 aliphatic heterocycles. The van der Waals surface area contributed by atoms with Gasteiger partial charge in [0.05, 0.1) is 18.8 Å². The minimum atomic E-state index is -0.206. The fourth-order valence-corrected chi connectivity index (χ4v) is 3.69. The second kappa shape index (κ2) is 7.07. The maximum atomic E-state index is 13.0. The van der Waals surface area contributed by atoms with E-state index in [4.69, 9.17) is 4.74 Å². The van der Waals surface area contributed by atoms with Crippen LogP contribution in [-0.2, 0) is 17.6 Å². The largest absolute Gasteiger partial charge is 0.368 e. The number of aryl methyl sites for hydroxylation is 1. The van der Waals surface area contributed by atoms with E-state index in [1.807, 2.05) is 42.1 Å². The van der Waals surface area contributed by atoms with E-state index < -0.39 is 0 Å². The number of hydrogen-bond acceptors (Lipinski definition) is 5. The molecule has 2 aromatic heterocycles. The third kappa shape index (κ3) is 3.19. The molecule has 1 fully saturated rings. The van der Waals surface area contributed by atoms with Gasteiger partial charge in [0, 0.05) is 31.9 Å². The van der Waals surface area contributed by atoms with Crippen LogP contribution in [0.3, 0.4) is 0 Å². The van der Waals surface area contributed by atoms with Crippen LogP contribution in [0.25, 0.3) is 0 Å². The molecule has 2 aliphatic rings. The normalized spacial score (nSPS) is 19.9. The first-order valence-corrected chi connectivity index (χ1v) is 9.25. The van der Waals surface area contributed by atoms with Gasteiger partial charge in [0.2, 0.25) is 0 Å². The summed E-state index contributed by atoms with van der Waals surface area (Å²) in [6.07, 6.45) is 4.01. The predicted molar refractivity (Wildman–Crippen MR) is 98.4 cm³/mol. The van der Waals surface area contributed by atoms with Gasteiger partial charge in [0.25, 0.3) is 5.91 Å². The number of carbonyl (C=O) groups is 1. The van der Waals surface area contributed by atoms with Crippen LogP contribution < -0.4 is 4.90 Å². The third-order valence-electron chi connectivity index (χ3n) is 5.16. The fraction of sp³-hybridized carbons (Fsp3) is 0.526. The van der Waals surface area contributed by atoms with Gasteiger partial charge in [0.15, 0.2) is 5.69 Å². The van der Waals surface area contributed by atoms with Crippen molar-refractivity contribution >= 4 is 11.7 Å². The predicted octanol–water partition coefficient (Wildman–Crippen LogP) is 1.96. The van der Waals surface area contributed by atoms with Crippen LogP contribution in [0, 0.1) is 0 Å². The maximum absolute atomic E-state index is 13.0. The smallest absolute Gasteiger partial charge is 0.274 e. The molecule has 7 heteroatoms. The quantitative estimate of drug-likeness (QED) is 0.911. The Morgan fingerprint density at radius 2 is 2.15 bits per heavy atom. The molecule has 138 valence electrons. The zero-order valence-corrected chi connectivity index (χ0v) is 15.4. The van der Waals surface area contributed by atoms with E-state index in [1.165, 1.54) is 0 Å². The molecular weight excluding hydrogens is 330 g/mol. The lowest BCUT2D eigenvalue weighted by Crippen LogP contribution is -2.43. The molecule has 0 saturated carbocycles. The van der Waals surface area contributed by atoms with Gasteiger partial charge in [-0.05, 0) is 37.8 Å². The van der Waals surface area contributed by atoms with Gasteiger partial charge in [-0.1, -0.05) is 6.07 Å². The zero-order valence-electron chi connectivity index (χ0n) is 15.4. The lowest BCUT2D eigenvalue weighted by Gasteiger charge is -2.32. The number of pyridine rings is 1. The number of nitrogens with one attached hydrogen (secondary N) is 1. The fourth-order valence-electron chi connectivity index (χ4n) is 3.69. The van der Waals surface area contributed by atoms with Crippen molar-refractivity contribution in [2.75, 3.05) is 38.7 Å². The highest BCUT2D eigenvalue weighted by Crippen LogP contribution is 2.26. The lowest BCUT2D eigenvalue weighted by molar-refractivity contribution is -0.0249. The Kier molecular flexibility index (Phi) is 4.63. The third-order valence-corrected chi connectivity index (χ3v) is 5.16. The number of nitrogens with zero attached hydrogens (tertiary/aromatic N) is 4. The molecule has 4 rings (SSSR count). The van der Waals surface area contributed by atoms with Crippen molar-refractivity contribution in [3.8, 4) is 0 Å². The standard InChI is InChI=1S/C19H25N5O2/c1-23(2)17-9-5-8-15(20-17)16-12-24(10-11-26-16)19(25)18-13-6-3-4-7-14(13)21-22-18/h5,8-9,16H,3-4,6-7,10-12H2,1-2H3,(H,21,22)/t16-/m0/s1. The topological polar surface area (TPSA) is 74.3 Å². The number of rotatable bonds is 3. The average Bonchev–Trinajstić information content (AvgIpc) is 3.12. The number of anilines is 1. The van der Waals surface area contributed by atoms with Crippen molar-refractivity contribution in [2.24, 2.45) is 0 Å². The molecule has 0 bridgehead atoms. The molecule has 2 aromatic rings. The molecule has 26 heavy (non-hydrogen) atoms. The molecule has 0 spiro atoms. The molecule has 0 radical (unpaired) electrons. The van der Waals surface area contributed by atoms with Gasteiger partial charge < -0.3 is 14.5 Å². The second-order valence-electron chi connectivity index (χ2n) is 7.16. The Hall–Kier alpha value is -2.41. The monoisotopic (exact) mass is 355 g/mol. The van der Waals surface area contributed by atoms with Crippen LogP contribution in [0.4, 0.5) is 5.82 Å². The van der Waals surface area contributed by atoms with E-state index in [1.54, 1.807) is 0 Å². The highest BCUT2D eigenvalue weighted by molar-refractivity contribution is 5.94. The summed E-state index contributed by atoms with van der Waals surface area (Å²) in [6, 6.07) is 5.90. The summed E-state index contributed by atoms with van der Waals surface area (Å²) >= 11 is 0. The van der Waals surface area contributed by atoms with E-state index in [9.17, 15) is 4.79 Å². The van der Waals surface area contributed by atoms with Crippen molar-refractivity contribution < 1.29 is 9.53 Å². The Morgan fingerprint density at radius 1 is 1.31 bits per heavy atom. The number of aromatic nitrogens is 3. The van der Waals surface area contributed by atoms with Crippen molar-refractivity contribution in [1.29, 1.82) is 0 Å². The van der Waals surface area contributed by atoms with Gasteiger partial charge in [-0.25, -0.2) is 4.98 Å². The number of fused-ring (bicyclic) bond motifs is 1. The molecular formula is C19H25N5O2. The summed E-state index contributed by atoms with van der Waals surface area (Å²) in [4.78, 5) is 21.5. The molecule has 3 heterocycles. The number of carbonyl (C=O) groups excluding carboxylic acids is 1. The van der Waals surface area contributed by atoms with E-state index >= 15 is 0 Å². The van der Waals surface area contributed by atoms with Crippen molar-refractivity contribution in [1.82, 2.24) is 20.1 Å². The summed E-state index contributed by atoms with van der Waals surface area (Å²) in [5, 5.41) is 7.39. The van der Waals surface area contributed by atoms with Gasteiger partial charge in [-0.3, -0.25) is 9.89 Å². The van der Waals surface area contributed by atoms with Crippen LogP contribution in [0.5, 0.6) is 0 Å². The van der Waals surface area contributed by atoms with Gasteiger partial charge >= 0.3 is 0 Å². The summed E-state index contributed by atoms with van der Waals surface area (Å²) < 4.78 is 5.91. The van der Waals surface area contributed by atoms with Gasteiger partial charge in [-0.15, -0.1) is 0 Å². The Bertz CT molecular complexity index is 801. The van der Waals surface area contributed by atoms with Crippen LogP contribution >= 0.6 is 0 Å². The van der Waals surface area contributed by atoms with Crippen molar-refractivity contribution in [2.45, 2.75) is 31.8 Å². The summed E-state index contributed by atoms with van der Waals surface area (Å²) in [6.45, 7) is 1.60. The highest BCUT2D eigenvalue weighted by Gasteiger charge is 2.31. The van der Waals surface area contributed by atoms with Gasteiger partial charge in [0.1, 0.15) is 11.9 Å². The van der Waals surface area contributed by atoms with E-state index in [0.29, 0.717) is 25.4 Å². The maximum Gasteiger partial charge on any atom is 0.274 e. The van der Waals surface area contributed by atoms with E-state index in [0.717, 1.165) is 48.5 Å². The molecule has 1 aliphatic carbocycles. The van der Waals surface area contributed by atoms with Gasteiger partial charge in [-0.2, -0.15) is 5.10 Å². The van der Waals surface area contributed by atoms with Crippen LogP contribution in [0.1, 0.15) is 46.4 Å². The van der Waals surface area contributed by atoms with E-state index in [-0.39, 0.29) is 12.0 Å². The number of ether oxygens (including phenoxy) is 1. The summed E-state index contributed by atoms with van der Waals surface area (Å²) in [7, 11) is 3.93. The molecule has 1 atom stereocenters. The van der Waals surface area contributed by atoms with Crippen LogP contribution in [0.15, 0.2) is 18.2 Å². The summed E-state index contributed by atoms with van der Waals surface area (Å²) in [5.74, 6) is 0.886. The highest BCUT2D eigenvalue weighted by atomic mass is 16.5. The first-order valence-electron chi connectivity index (χ1n) is 9.25. The Balaban J connectivity index is 1.52. The SMILES string of the molecule is CN(C)c1cccc([C@@H]2CN(C(=O)c3n[nH]c4c3CCCC4)CCO2)n1. The zero-order chi connectivity index (χ0) is 18.1. The minimum Gasteiger partial charge on any atom is -0.368 e. The van der Waals surface area contributed by atoms with Crippen LogP contribution in [-0.4, -0.2) is 59.8 Å². The number of morpholine rings is 1. The first-order chi connectivity index (χ1) is 12.6. The Morgan fingerprint density at radius 3 is 3.00 bits per heavy atom. The minimum absolute atomic E-state index is 0.00136. The van der Waals surface area contributed by atoms with E-state index in [2.05, 4.69) is 15.2 Å². The molecule has 1 N–H and O–H groups in total. The number of hydrogen-bond donors (Lipinski definition) is 1. The molecule has 1 amide bonds. The molecule has 0 unspecified atom stereocenters. The lowest BCUT2D eigenvalue weighted by atomic mass is 9.95. The summed E-state index contributed by atoms with van der Waals surface area (Å²) in [5.41, 5.74) is 3.69. The molecule has 7 nitrogen and oxygen atoms in total. The number of aromatic amines is 1. The number of H-pyrrole nitrogens is 1. The van der Waals surface area contributed by atoms with Crippen molar-refractivity contribution in [3.05, 3.63) is 40.8 Å². The van der Waals surface area contributed by atoms with Crippen LogP contribution in [0.2, 0.25) is 0 Å². The first kappa shape index (κ1) is 17.0.